The number of aryl methyl sites for hydroxylation is 1. The molecule has 1 nitrogen and oxygen atoms in total. The summed E-state index contributed by atoms with van der Waals surface area (Å²) < 4.78 is 17.0. The van der Waals surface area contributed by atoms with Crippen molar-refractivity contribution in [3.63, 3.8) is 0 Å². The Hall–Kier alpha value is -0.100. The second-order valence-electron chi connectivity index (χ2n) is 3.05. The van der Waals surface area contributed by atoms with E-state index in [1.54, 1.807) is 6.07 Å². The maximum absolute atomic E-state index is 13.3. The summed E-state index contributed by atoms with van der Waals surface area (Å²) in [5.74, 6) is -0.207. The first-order chi connectivity index (χ1) is 6.63. The molecule has 0 saturated heterocycles. The number of hydrogen-bond acceptors (Lipinski definition) is 0. The van der Waals surface area contributed by atoms with Crippen molar-refractivity contribution in [2.24, 2.45) is 0 Å². The predicted molar refractivity (Wildman–Crippen MR) is 68.0 cm³/mol. The van der Waals surface area contributed by atoms with Crippen LogP contribution in [0.5, 0.6) is 0 Å². The molecule has 0 saturated carbocycles. The average Bonchev–Trinajstić information content (AvgIpc) is 2.45. The molecule has 74 valence electrons. The molecule has 0 aliphatic carbocycles. The van der Waals surface area contributed by atoms with Gasteiger partial charge < -0.3 is 4.57 Å². The third kappa shape index (κ3) is 1.58. The predicted octanol–water partition coefficient (Wildman–Crippen LogP) is 4.17. The standard InChI is InChI=1S/C10H8BrFIN/c1-2-14-5-9(13)6-3-7(11)8(12)4-10(6)14/h3-5H,2H2,1H3. The molecule has 0 fully saturated rings. The van der Waals surface area contributed by atoms with Gasteiger partial charge in [-0.15, -0.1) is 0 Å². The molecule has 0 atom stereocenters. The van der Waals surface area contributed by atoms with Gasteiger partial charge >= 0.3 is 0 Å². The van der Waals surface area contributed by atoms with E-state index in [0.29, 0.717) is 4.47 Å². The molecule has 0 radical (unpaired) electrons. The van der Waals surface area contributed by atoms with Crippen LogP contribution in [0.3, 0.4) is 0 Å². The minimum absolute atomic E-state index is 0.207. The van der Waals surface area contributed by atoms with Crippen LogP contribution >= 0.6 is 38.5 Å². The zero-order chi connectivity index (χ0) is 10.3. The molecule has 2 rings (SSSR count). The van der Waals surface area contributed by atoms with Gasteiger partial charge in [-0.25, -0.2) is 4.39 Å². The van der Waals surface area contributed by atoms with Crippen molar-refractivity contribution < 1.29 is 4.39 Å². The molecular formula is C10H8BrFIN. The first-order valence-corrected chi connectivity index (χ1v) is 6.14. The number of rotatable bonds is 1. The van der Waals surface area contributed by atoms with Crippen LogP contribution in [-0.4, -0.2) is 4.57 Å². The summed E-state index contributed by atoms with van der Waals surface area (Å²) in [7, 11) is 0. The fourth-order valence-corrected chi connectivity index (χ4v) is 2.61. The summed E-state index contributed by atoms with van der Waals surface area (Å²) in [6.45, 7) is 2.91. The summed E-state index contributed by atoms with van der Waals surface area (Å²) in [6.07, 6.45) is 2.04. The number of hydrogen-bond donors (Lipinski definition) is 0. The van der Waals surface area contributed by atoms with Crippen molar-refractivity contribution >= 4 is 49.4 Å². The molecule has 0 amide bonds. The number of benzene rings is 1. The Morgan fingerprint density at radius 1 is 1.50 bits per heavy atom. The average molecular weight is 368 g/mol. The monoisotopic (exact) mass is 367 g/mol. The first-order valence-electron chi connectivity index (χ1n) is 4.27. The number of halogens is 3. The van der Waals surface area contributed by atoms with Crippen LogP contribution in [0.2, 0.25) is 0 Å². The molecule has 0 unspecified atom stereocenters. The Kier molecular flexibility index (Phi) is 2.83. The van der Waals surface area contributed by atoms with Crippen molar-refractivity contribution in [1.29, 1.82) is 0 Å². The van der Waals surface area contributed by atoms with Gasteiger partial charge in [-0.1, -0.05) is 0 Å². The van der Waals surface area contributed by atoms with Crippen LogP contribution in [0, 0.1) is 9.39 Å². The van der Waals surface area contributed by atoms with Crippen LogP contribution in [-0.2, 0) is 6.54 Å². The number of fused-ring (bicyclic) bond motifs is 1. The maximum Gasteiger partial charge on any atom is 0.139 e. The quantitative estimate of drug-likeness (QED) is 0.667. The van der Waals surface area contributed by atoms with Crippen molar-refractivity contribution in [2.45, 2.75) is 13.5 Å². The SMILES string of the molecule is CCn1cc(I)c2cc(Br)c(F)cc21. The van der Waals surface area contributed by atoms with Crippen LogP contribution < -0.4 is 0 Å². The highest BCUT2D eigenvalue weighted by Crippen LogP contribution is 2.28. The van der Waals surface area contributed by atoms with Gasteiger partial charge in [0.2, 0.25) is 0 Å². The van der Waals surface area contributed by atoms with Crippen molar-refractivity contribution in [3.8, 4) is 0 Å². The third-order valence-corrected chi connectivity index (χ3v) is 3.68. The topological polar surface area (TPSA) is 4.93 Å². The fraction of sp³-hybridized carbons (Fsp3) is 0.200. The van der Waals surface area contributed by atoms with Crippen LogP contribution in [0.4, 0.5) is 4.39 Å². The second kappa shape index (κ2) is 3.81. The highest BCUT2D eigenvalue weighted by atomic mass is 127. The maximum atomic E-state index is 13.3. The normalized spacial score (nSPS) is 11.1. The Balaban J connectivity index is 2.84. The van der Waals surface area contributed by atoms with Gasteiger partial charge in [0.25, 0.3) is 0 Å². The van der Waals surface area contributed by atoms with Crippen molar-refractivity contribution in [2.75, 3.05) is 0 Å². The zero-order valence-corrected chi connectivity index (χ0v) is 11.3. The van der Waals surface area contributed by atoms with Gasteiger partial charge in [0.05, 0.1) is 9.99 Å². The first kappa shape index (κ1) is 10.4. The van der Waals surface area contributed by atoms with E-state index in [0.717, 1.165) is 21.0 Å². The molecule has 0 bridgehead atoms. The lowest BCUT2D eigenvalue weighted by molar-refractivity contribution is 0.621. The van der Waals surface area contributed by atoms with Gasteiger partial charge in [0, 0.05) is 21.7 Å². The third-order valence-electron chi connectivity index (χ3n) is 2.22. The summed E-state index contributed by atoms with van der Waals surface area (Å²) in [4.78, 5) is 0. The number of nitrogens with zero attached hydrogens (tertiary/aromatic N) is 1. The minimum atomic E-state index is -0.207. The van der Waals surface area contributed by atoms with Crippen LogP contribution in [0.25, 0.3) is 10.9 Å². The molecule has 14 heavy (non-hydrogen) atoms. The summed E-state index contributed by atoms with van der Waals surface area (Å²) in [5.41, 5.74) is 0.956. The molecular weight excluding hydrogens is 360 g/mol. The Morgan fingerprint density at radius 3 is 2.86 bits per heavy atom. The van der Waals surface area contributed by atoms with E-state index in [-0.39, 0.29) is 5.82 Å². The smallest absolute Gasteiger partial charge is 0.139 e. The van der Waals surface area contributed by atoms with E-state index in [9.17, 15) is 4.39 Å². The fourth-order valence-electron chi connectivity index (χ4n) is 1.50. The van der Waals surface area contributed by atoms with Gasteiger partial charge in [-0.05, 0) is 57.6 Å². The van der Waals surface area contributed by atoms with Gasteiger partial charge in [0.1, 0.15) is 5.82 Å². The summed E-state index contributed by atoms with van der Waals surface area (Å²) >= 11 is 5.46. The Morgan fingerprint density at radius 2 is 2.21 bits per heavy atom. The zero-order valence-electron chi connectivity index (χ0n) is 7.52. The lowest BCUT2D eigenvalue weighted by Crippen LogP contribution is -1.91. The summed E-state index contributed by atoms with van der Waals surface area (Å²) in [6, 6.07) is 3.41. The van der Waals surface area contributed by atoms with Crippen LogP contribution in [0.1, 0.15) is 6.92 Å². The Labute approximate surface area is 104 Å². The van der Waals surface area contributed by atoms with E-state index in [2.05, 4.69) is 45.4 Å². The molecule has 1 aromatic heterocycles. The molecule has 1 heterocycles. The van der Waals surface area contributed by atoms with Crippen molar-refractivity contribution in [3.05, 3.63) is 32.2 Å². The highest BCUT2D eigenvalue weighted by Gasteiger charge is 2.09. The highest BCUT2D eigenvalue weighted by molar-refractivity contribution is 14.1. The van der Waals surface area contributed by atoms with E-state index in [1.165, 1.54) is 0 Å². The van der Waals surface area contributed by atoms with E-state index < -0.39 is 0 Å². The number of aromatic nitrogens is 1. The lowest BCUT2D eigenvalue weighted by atomic mass is 10.2. The molecule has 1 aromatic carbocycles. The molecule has 0 spiro atoms. The minimum Gasteiger partial charge on any atom is -0.347 e. The summed E-state index contributed by atoms with van der Waals surface area (Å²) in [5, 5.41) is 1.10. The van der Waals surface area contributed by atoms with E-state index >= 15 is 0 Å². The van der Waals surface area contributed by atoms with Crippen molar-refractivity contribution in [1.82, 2.24) is 4.57 Å². The lowest BCUT2D eigenvalue weighted by Gasteiger charge is -2.01. The second-order valence-corrected chi connectivity index (χ2v) is 5.06. The van der Waals surface area contributed by atoms with Gasteiger partial charge in [-0.2, -0.15) is 0 Å². The molecule has 0 aliphatic heterocycles. The van der Waals surface area contributed by atoms with Gasteiger partial charge in [-0.3, -0.25) is 0 Å². The molecule has 2 aromatic rings. The molecule has 0 N–H and O–H groups in total. The van der Waals surface area contributed by atoms with Gasteiger partial charge in [0.15, 0.2) is 0 Å². The van der Waals surface area contributed by atoms with Crippen LogP contribution in [0.15, 0.2) is 22.8 Å². The largest absolute Gasteiger partial charge is 0.347 e. The Bertz CT molecular complexity index is 492. The van der Waals surface area contributed by atoms with E-state index in [1.807, 2.05) is 16.8 Å². The van der Waals surface area contributed by atoms with E-state index in [4.69, 9.17) is 0 Å². The molecule has 4 heteroatoms. The molecule has 0 aliphatic rings.